The van der Waals surface area contributed by atoms with Crippen LogP contribution >= 0.6 is 0 Å². The van der Waals surface area contributed by atoms with E-state index in [1.807, 2.05) is 101 Å². The van der Waals surface area contributed by atoms with Gasteiger partial charge in [-0.25, -0.2) is 4.68 Å². The highest BCUT2D eigenvalue weighted by Crippen LogP contribution is 2.28. The minimum absolute atomic E-state index is 0.119. The Morgan fingerprint density at radius 2 is 1.77 bits per heavy atom. The molecule has 0 spiro atoms. The first-order valence-electron chi connectivity index (χ1n) is 14.3. The van der Waals surface area contributed by atoms with Gasteiger partial charge in [0.15, 0.2) is 12.0 Å². The average Bonchev–Trinajstić information content (AvgIpc) is 3.61. The molecule has 0 radical (unpaired) electrons. The summed E-state index contributed by atoms with van der Waals surface area (Å²) in [4.78, 5) is 14.8. The van der Waals surface area contributed by atoms with Crippen LogP contribution in [0.1, 0.15) is 28.7 Å². The number of carbonyl (C=O) groups is 1. The molecule has 11 heteroatoms. The van der Waals surface area contributed by atoms with E-state index in [2.05, 4.69) is 20.2 Å². The number of ketones is 1. The number of carbonyl (C=O) groups excluding carboxylic acids is 1. The molecule has 4 N–H and O–H groups in total. The quantitative estimate of drug-likeness (QED) is 0.214. The van der Waals surface area contributed by atoms with Crippen molar-refractivity contribution in [1.82, 2.24) is 19.6 Å². The van der Waals surface area contributed by atoms with Crippen molar-refractivity contribution in [1.29, 1.82) is 0 Å². The SMILES string of the molecule is CNc1ccc(N(C)C)cc1/C=C\C(=O)/C=C/c1cc(C)n(-c2cccc(-c3cn([C@@H]4OC[C@@H](O)C(O)C4O)nn3)c2)c1C. The fourth-order valence-electron chi connectivity index (χ4n) is 5.31. The standard InChI is InChI=1S/C33H38N6O5/c1-20-15-22(9-12-27(40)13-10-24-16-25(37(4)5)11-14-28(24)34-3)21(2)39(20)26-8-6-7-23(17-26)29-18-38(36-35-29)33-32(43)31(42)30(41)19-44-33/h6-18,30-34,41-43H,19H2,1-5H3/b12-9+,13-10-/t30-,31?,32?,33-/m1/s1. The minimum Gasteiger partial charge on any atom is -0.388 e. The molecule has 1 aliphatic rings. The number of hydrogen-bond acceptors (Lipinski definition) is 9. The van der Waals surface area contributed by atoms with Crippen LogP contribution in [0.25, 0.3) is 29.1 Å². The Labute approximate surface area is 256 Å². The molecule has 4 atom stereocenters. The highest BCUT2D eigenvalue weighted by molar-refractivity contribution is 6.05. The van der Waals surface area contributed by atoms with Crippen LogP contribution in [-0.4, -0.2) is 86.7 Å². The van der Waals surface area contributed by atoms with E-state index in [0.29, 0.717) is 5.69 Å². The summed E-state index contributed by atoms with van der Waals surface area (Å²) in [7, 11) is 5.81. The predicted octanol–water partition coefficient (Wildman–Crippen LogP) is 3.37. The van der Waals surface area contributed by atoms with Crippen LogP contribution in [0.3, 0.4) is 0 Å². The van der Waals surface area contributed by atoms with Crippen LogP contribution in [-0.2, 0) is 9.53 Å². The second-order valence-electron chi connectivity index (χ2n) is 11.1. The number of aromatic nitrogens is 4. The van der Waals surface area contributed by atoms with Gasteiger partial charge in [0, 0.05) is 55.2 Å². The smallest absolute Gasteiger partial charge is 0.180 e. The predicted molar refractivity (Wildman–Crippen MR) is 171 cm³/mol. The number of benzene rings is 2. The van der Waals surface area contributed by atoms with E-state index in [0.717, 1.165) is 45.1 Å². The van der Waals surface area contributed by atoms with Gasteiger partial charge >= 0.3 is 0 Å². The van der Waals surface area contributed by atoms with Crippen molar-refractivity contribution in [3.05, 3.63) is 89.4 Å². The Morgan fingerprint density at radius 3 is 2.50 bits per heavy atom. The van der Waals surface area contributed by atoms with Gasteiger partial charge in [0.05, 0.1) is 12.8 Å². The molecule has 0 amide bonds. The molecule has 0 saturated carbocycles. The summed E-state index contributed by atoms with van der Waals surface area (Å²) >= 11 is 0. The van der Waals surface area contributed by atoms with Crippen molar-refractivity contribution in [3.8, 4) is 16.9 Å². The molecule has 44 heavy (non-hydrogen) atoms. The minimum atomic E-state index is -1.35. The Hall–Kier alpha value is -4.55. The summed E-state index contributed by atoms with van der Waals surface area (Å²) in [6.07, 6.45) is 3.61. The first kappa shape index (κ1) is 30.9. The van der Waals surface area contributed by atoms with Gasteiger partial charge in [0.2, 0.25) is 0 Å². The van der Waals surface area contributed by atoms with Gasteiger partial charge in [-0.2, -0.15) is 0 Å². The highest BCUT2D eigenvalue weighted by atomic mass is 16.5. The van der Waals surface area contributed by atoms with E-state index in [-0.39, 0.29) is 12.4 Å². The number of ether oxygens (including phenoxy) is 1. The number of allylic oxidation sites excluding steroid dienone is 2. The van der Waals surface area contributed by atoms with Gasteiger partial charge in [0.1, 0.15) is 24.0 Å². The van der Waals surface area contributed by atoms with Crippen molar-refractivity contribution >= 4 is 29.3 Å². The summed E-state index contributed by atoms with van der Waals surface area (Å²) in [6.45, 7) is 3.89. The van der Waals surface area contributed by atoms with Gasteiger partial charge in [-0.05, 0) is 85.7 Å². The number of anilines is 2. The van der Waals surface area contributed by atoms with Crippen LogP contribution in [0, 0.1) is 13.8 Å². The first-order valence-corrected chi connectivity index (χ1v) is 14.3. The lowest BCUT2D eigenvalue weighted by molar-refractivity contribution is -0.214. The molecule has 2 aromatic carbocycles. The second kappa shape index (κ2) is 13.0. The number of aliphatic hydroxyl groups is 3. The molecule has 3 heterocycles. The Morgan fingerprint density at radius 1 is 1.02 bits per heavy atom. The van der Waals surface area contributed by atoms with E-state index in [1.165, 1.54) is 4.68 Å². The largest absolute Gasteiger partial charge is 0.388 e. The fraction of sp³-hybridized carbons (Fsp3) is 0.303. The number of aryl methyl sites for hydroxylation is 1. The lowest BCUT2D eigenvalue weighted by atomic mass is 10.0. The summed E-state index contributed by atoms with van der Waals surface area (Å²) < 4.78 is 8.94. The van der Waals surface area contributed by atoms with E-state index in [9.17, 15) is 20.1 Å². The zero-order valence-electron chi connectivity index (χ0n) is 25.4. The van der Waals surface area contributed by atoms with E-state index in [1.54, 1.807) is 18.3 Å². The molecule has 2 unspecified atom stereocenters. The Balaban J connectivity index is 1.34. The van der Waals surface area contributed by atoms with Crippen LogP contribution in [0.5, 0.6) is 0 Å². The van der Waals surface area contributed by atoms with Crippen LogP contribution in [0.4, 0.5) is 11.4 Å². The molecular formula is C33H38N6O5. The molecule has 2 aromatic heterocycles. The molecule has 230 valence electrons. The topological polar surface area (TPSA) is 138 Å². The molecule has 0 aliphatic carbocycles. The van der Waals surface area contributed by atoms with Crippen molar-refractivity contribution in [2.24, 2.45) is 0 Å². The molecule has 4 aromatic rings. The maximum absolute atomic E-state index is 12.8. The number of aliphatic hydroxyl groups excluding tert-OH is 3. The molecule has 11 nitrogen and oxygen atoms in total. The lowest BCUT2D eigenvalue weighted by Gasteiger charge is -2.34. The Bertz CT molecular complexity index is 1700. The molecule has 1 aliphatic heterocycles. The maximum Gasteiger partial charge on any atom is 0.180 e. The van der Waals surface area contributed by atoms with Gasteiger partial charge in [-0.3, -0.25) is 4.79 Å². The second-order valence-corrected chi connectivity index (χ2v) is 11.1. The Kier molecular flexibility index (Phi) is 9.12. The highest BCUT2D eigenvalue weighted by Gasteiger charge is 2.39. The van der Waals surface area contributed by atoms with E-state index in [4.69, 9.17) is 4.74 Å². The summed E-state index contributed by atoms with van der Waals surface area (Å²) in [5.41, 5.74) is 8.07. The van der Waals surface area contributed by atoms with Gasteiger partial charge in [-0.1, -0.05) is 17.3 Å². The van der Waals surface area contributed by atoms with Crippen LogP contribution < -0.4 is 10.2 Å². The van der Waals surface area contributed by atoms with Crippen molar-refractivity contribution in [3.63, 3.8) is 0 Å². The third-order valence-corrected chi connectivity index (χ3v) is 7.79. The molecular weight excluding hydrogens is 560 g/mol. The number of nitrogens with zero attached hydrogens (tertiary/aromatic N) is 5. The third kappa shape index (κ3) is 6.36. The summed E-state index contributed by atoms with van der Waals surface area (Å²) in [5, 5.41) is 41.6. The average molecular weight is 599 g/mol. The normalized spacial score (nSPS) is 20.5. The van der Waals surface area contributed by atoms with Crippen molar-refractivity contribution in [2.45, 2.75) is 38.4 Å². The van der Waals surface area contributed by atoms with Crippen LogP contribution in [0.2, 0.25) is 0 Å². The van der Waals surface area contributed by atoms with Crippen LogP contribution in [0.15, 0.2) is 66.9 Å². The molecule has 1 fully saturated rings. The number of rotatable bonds is 9. The molecule has 0 bridgehead atoms. The van der Waals surface area contributed by atoms with Gasteiger partial charge < -0.3 is 34.8 Å². The zero-order chi connectivity index (χ0) is 31.5. The fourth-order valence-corrected chi connectivity index (χ4v) is 5.31. The van der Waals surface area contributed by atoms with Gasteiger partial charge in [-0.15, -0.1) is 5.10 Å². The first-order chi connectivity index (χ1) is 21.1. The monoisotopic (exact) mass is 598 g/mol. The third-order valence-electron chi connectivity index (χ3n) is 7.79. The van der Waals surface area contributed by atoms with Gasteiger partial charge in [0.25, 0.3) is 0 Å². The lowest BCUT2D eigenvalue weighted by Crippen LogP contribution is -2.50. The summed E-state index contributed by atoms with van der Waals surface area (Å²) in [5.74, 6) is -0.119. The number of nitrogens with one attached hydrogen (secondary N) is 1. The zero-order valence-corrected chi connectivity index (χ0v) is 25.4. The summed E-state index contributed by atoms with van der Waals surface area (Å²) in [6, 6.07) is 15.9. The van der Waals surface area contributed by atoms with E-state index < -0.39 is 24.5 Å². The van der Waals surface area contributed by atoms with Crippen molar-refractivity contribution < 1.29 is 24.9 Å². The molecule has 5 rings (SSSR count). The number of hydrogen-bond donors (Lipinski definition) is 4. The molecule has 1 saturated heterocycles. The maximum atomic E-state index is 12.8. The van der Waals surface area contributed by atoms with Crippen molar-refractivity contribution in [2.75, 3.05) is 38.0 Å². The van der Waals surface area contributed by atoms with E-state index >= 15 is 0 Å².